The number of nitrogens with one attached hydrogen (secondary N) is 1. The van der Waals surface area contributed by atoms with Gasteiger partial charge in [-0.3, -0.25) is 9.59 Å². The van der Waals surface area contributed by atoms with Crippen LogP contribution in [0.15, 0.2) is 24.3 Å². The standard InChI is InChI=1S/C74H143NO5/c1-3-5-7-9-11-13-15-17-19-21-34-38-42-46-50-54-58-62-66-72(77)71(70-76)75-73(78)67-63-59-55-51-47-43-39-35-32-30-28-26-24-23-25-27-29-31-33-37-41-45-49-53-57-61-65-69-80-74(79)68-64-60-56-52-48-44-40-36-22-20-18-16-14-12-10-8-6-4-2/h20,22,62,66,71-72,76-77H,3-19,21,23-61,63-65,67-70H2,1-2H3,(H,75,78)/b22-20-,66-62+. The maximum atomic E-state index is 12.5. The molecular weight excluding hydrogens is 983 g/mol. The monoisotopic (exact) mass is 1130 g/mol. The predicted molar refractivity (Wildman–Crippen MR) is 352 cm³/mol. The summed E-state index contributed by atoms with van der Waals surface area (Å²) >= 11 is 0. The van der Waals surface area contributed by atoms with Gasteiger partial charge in [0.05, 0.1) is 25.4 Å². The number of amides is 1. The fraction of sp³-hybridized carbons (Fsp3) is 0.919. The number of ether oxygens (including phenoxy) is 1. The molecule has 0 radical (unpaired) electrons. The van der Waals surface area contributed by atoms with E-state index in [0.29, 0.717) is 19.4 Å². The third-order valence-corrected chi connectivity index (χ3v) is 17.2. The largest absolute Gasteiger partial charge is 0.466 e. The second-order valence-electron chi connectivity index (χ2n) is 25.3. The second kappa shape index (κ2) is 69.8. The molecule has 0 saturated carbocycles. The topological polar surface area (TPSA) is 95.9 Å². The minimum atomic E-state index is -0.843. The average molecular weight is 1130 g/mol. The van der Waals surface area contributed by atoms with Crippen LogP contribution in [0.25, 0.3) is 0 Å². The Labute approximate surface area is 501 Å². The zero-order valence-electron chi connectivity index (χ0n) is 54.3. The number of hydrogen-bond donors (Lipinski definition) is 3. The van der Waals surface area contributed by atoms with Gasteiger partial charge >= 0.3 is 5.97 Å². The van der Waals surface area contributed by atoms with Crippen molar-refractivity contribution in [1.29, 1.82) is 0 Å². The first-order valence-corrected chi connectivity index (χ1v) is 36.6. The van der Waals surface area contributed by atoms with Gasteiger partial charge in [-0.2, -0.15) is 0 Å². The van der Waals surface area contributed by atoms with Crippen LogP contribution in [0, 0.1) is 0 Å². The van der Waals surface area contributed by atoms with Crippen molar-refractivity contribution in [2.45, 2.75) is 424 Å². The number of carbonyl (C=O) groups is 2. The van der Waals surface area contributed by atoms with Gasteiger partial charge in [0.15, 0.2) is 0 Å². The molecule has 2 unspecified atom stereocenters. The molecule has 0 aromatic carbocycles. The predicted octanol–water partition coefficient (Wildman–Crippen LogP) is 23.7. The van der Waals surface area contributed by atoms with E-state index in [4.69, 9.17) is 4.74 Å². The summed E-state index contributed by atoms with van der Waals surface area (Å²) in [5.41, 5.74) is 0. The highest BCUT2D eigenvalue weighted by Gasteiger charge is 2.18. The summed E-state index contributed by atoms with van der Waals surface area (Å²) in [6.07, 6.45) is 88.4. The van der Waals surface area contributed by atoms with Crippen LogP contribution in [0.2, 0.25) is 0 Å². The SMILES string of the molecule is CCCCCCCCC/C=C\CCCCCCCCCC(=O)OCCCCCCCCCCCCCCCCCCCCCCCCCCCCCC(=O)NC(CO)C(O)/C=C/CCCCCCCCCCCCCCCCCC. The van der Waals surface area contributed by atoms with Crippen molar-refractivity contribution in [1.82, 2.24) is 5.32 Å². The summed E-state index contributed by atoms with van der Waals surface area (Å²) < 4.78 is 5.51. The zero-order chi connectivity index (χ0) is 57.8. The number of aliphatic hydroxyl groups excluding tert-OH is 2. The molecule has 2 atom stereocenters. The number of unbranched alkanes of at least 4 members (excludes halogenated alkanes) is 56. The lowest BCUT2D eigenvalue weighted by molar-refractivity contribution is -0.143. The van der Waals surface area contributed by atoms with E-state index in [0.717, 1.165) is 44.9 Å². The van der Waals surface area contributed by atoms with Crippen LogP contribution in [-0.2, 0) is 14.3 Å². The van der Waals surface area contributed by atoms with Crippen molar-refractivity contribution >= 4 is 11.9 Å². The first-order valence-electron chi connectivity index (χ1n) is 36.6. The molecule has 6 nitrogen and oxygen atoms in total. The number of rotatable bonds is 69. The molecule has 0 aliphatic carbocycles. The fourth-order valence-electron chi connectivity index (χ4n) is 11.6. The molecule has 0 saturated heterocycles. The number of hydrogen-bond acceptors (Lipinski definition) is 5. The van der Waals surface area contributed by atoms with E-state index in [1.165, 1.54) is 340 Å². The molecular formula is C74H143NO5. The number of allylic oxidation sites excluding steroid dienone is 3. The van der Waals surface area contributed by atoms with Crippen molar-refractivity contribution in [3.63, 3.8) is 0 Å². The van der Waals surface area contributed by atoms with Crippen molar-refractivity contribution in [2.75, 3.05) is 13.2 Å². The Morgan fingerprint density at radius 2 is 0.588 bits per heavy atom. The van der Waals surface area contributed by atoms with Gasteiger partial charge in [0.1, 0.15) is 0 Å². The summed E-state index contributed by atoms with van der Waals surface area (Å²) in [6.45, 7) is 4.94. The van der Waals surface area contributed by atoms with Crippen LogP contribution in [-0.4, -0.2) is 47.4 Å². The maximum absolute atomic E-state index is 12.5. The highest BCUT2D eigenvalue weighted by Crippen LogP contribution is 2.19. The summed E-state index contributed by atoms with van der Waals surface area (Å²) in [5.74, 6) is -0.0460. The quantitative estimate of drug-likeness (QED) is 0.0320. The number of carbonyl (C=O) groups excluding carboxylic acids is 2. The van der Waals surface area contributed by atoms with Gasteiger partial charge in [-0.1, -0.05) is 366 Å². The molecule has 0 spiro atoms. The van der Waals surface area contributed by atoms with E-state index in [9.17, 15) is 19.8 Å². The molecule has 0 aliphatic heterocycles. The Kier molecular flexibility index (Phi) is 68.4. The Hall–Kier alpha value is -1.66. The highest BCUT2D eigenvalue weighted by atomic mass is 16.5. The lowest BCUT2D eigenvalue weighted by atomic mass is 10.0. The van der Waals surface area contributed by atoms with E-state index < -0.39 is 12.1 Å². The van der Waals surface area contributed by atoms with Gasteiger partial charge in [0, 0.05) is 12.8 Å². The highest BCUT2D eigenvalue weighted by molar-refractivity contribution is 5.76. The Balaban J connectivity index is 3.36. The van der Waals surface area contributed by atoms with Crippen molar-refractivity contribution < 1.29 is 24.5 Å². The van der Waals surface area contributed by atoms with Crippen LogP contribution in [0.1, 0.15) is 412 Å². The molecule has 0 aromatic rings. The lowest BCUT2D eigenvalue weighted by Gasteiger charge is -2.20. The minimum Gasteiger partial charge on any atom is -0.466 e. The second-order valence-corrected chi connectivity index (χ2v) is 25.3. The zero-order valence-corrected chi connectivity index (χ0v) is 54.3. The molecule has 6 heteroatoms. The third kappa shape index (κ3) is 65.5. The smallest absolute Gasteiger partial charge is 0.305 e. The molecule has 0 heterocycles. The summed E-state index contributed by atoms with van der Waals surface area (Å²) in [5, 5.41) is 23.2. The number of aliphatic hydroxyl groups is 2. The van der Waals surface area contributed by atoms with Crippen LogP contribution in [0.5, 0.6) is 0 Å². The van der Waals surface area contributed by atoms with Crippen LogP contribution >= 0.6 is 0 Å². The Bertz CT molecular complexity index is 1250. The Morgan fingerprint density at radius 1 is 0.338 bits per heavy atom. The maximum Gasteiger partial charge on any atom is 0.305 e. The fourth-order valence-corrected chi connectivity index (χ4v) is 11.6. The van der Waals surface area contributed by atoms with E-state index in [-0.39, 0.29) is 18.5 Å². The summed E-state index contributed by atoms with van der Waals surface area (Å²) in [6, 6.07) is -0.626. The van der Waals surface area contributed by atoms with E-state index >= 15 is 0 Å². The molecule has 0 rings (SSSR count). The molecule has 80 heavy (non-hydrogen) atoms. The first kappa shape index (κ1) is 78.3. The number of esters is 1. The molecule has 0 bridgehead atoms. The Morgan fingerprint density at radius 3 is 0.887 bits per heavy atom. The van der Waals surface area contributed by atoms with Crippen LogP contribution in [0.4, 0.5) is 0 Å². The molecule has 0 aromatic heterocycles. The van der Waals surface area contributed by atoms with Gasteiger partial charge in [-0.15, -0.1) is 0 Å². The van der Waals surface area contributed by atoms with Crippen molar-refractivity contribution in [2.24, 2.45) is 0 Å². The summed E-state index contributed by atoms with van der Waals surface area (Å²) in [4.78, 5) is 24.6. The van der Waals surface area contributed by atoms with Gasteiger partial charge < -0.3 is 20.3 Å². The van der Waals surface area contributed by atoms with Gasteiger partial charge in [-0.25, -0.2) is 0 Å². The normalized spacial score (nSPS) is 12.6. The van der Waals surface area contributed by atoms with Crippen molar-refractivity contribution in [3.05, 3.63) is 24.3 Å². The lowest BCUT2D eigenvalue weighted by Crippen LogP contribution is -2.45. The third-order valence-electron chi connectivity index (χ3n) is 17.2. The summed E-state index contributed by atoms with van der Waals surface area (Å²) in [7, 11) is 0. The van der Waals surface area contributed by atoms with E-state index in [2.05, 4.69) is 31.3 Å². The van der Waals surface area contributed by atoms with Gasteiger partial charge in [0.25, 0.3) is 0 Å². The molecule has 0 aliphatic rings. The first-order chi connectivity index (χ1) is 39.5. The molecule has 1 amide bonds. The minimum absolute atomic E-state index is 0.0157. The van der Waals surface area contributed by atoms with Crippen molar-refractivity contribution in [3.8, 4) is 0 Å². The molecule has 474 valence electrons. The van der Waals surface area contributed by atoms with E-state index in [1.807, 2.05) is 6.08 Å². The average Bonchev–Trinajstić information content (AvgIpc) is 3.46. The van der Waals surface area contributed by atoms with Crippen LogP contribution in [0.3, 0.4) is 0 Å². The van der Waals surface area contributed by atoms with Crippen LogP contribution < -0.4 is 5.32 Å². The van der Waals surface area contributed by atoms with E-state index in [1.54, 1.807) is 6.08 Å². The van der Waals surface area contributed by atoms with Gasteiger partial charge in [0.2, 0.25) is 5.91 Å². The molecule has 3 N–H and O–H groups in total. The van der Waals surface area contributed by atoms with Gasteiger partial charge in [-0.05, 0) is 57.8 Å². The molecule has 0 fully saturated rings.